The molecule has 5 heteroatoms. The summed E-state index contributed by atoms with van der Waals surface area (Å²) in [6, 6.07) is 17.1. The molecule has 0 heterocycles. The maximum absolute atomic E-state index is 13.2. The second-order valence-electron chi connectivity index (χ2n) is 8.12. The largest absolute Gasteiger partial charge is 0.352 e. The molecule has 0 aromatic heterocycles. The van der Waals surface area contributed by atoms with Crippen LogP contribution >= 0.6 is 11.6 Å². The molecule has 0 bridgehead atoms. The zero-order valence-corrected chi connectivity index (χ0v) is 18.4. The van der Waals surface area contributed by atoms with E-state index in [9.17, 15) is 9.59 Å². The number of hydrogen-bond donors (Lipinski definition) is 1. The third-order valence-electron chi connectivity index (χ3n) is 5.88. The van der Waals surface area contributed by atoms with E-state index in [1.165, 1.54) is 6.42 Å². The summed E-state index contributed by atoms with van der Waals surface area (Å²) in [5.74, 6) is -0.103. The van der Waals surface area contributed by atoms with Crippen LogP contribution in [-0.4, -0.2) is 28.8 Å². The Hall–Kier alpha value is -2.33. The average molecular weight is 427 g/mol. The quantitative estimate of drug-likeness (QED) is 0.635. The van der Waals surface area contributed by atoms with Gasteiger partial charge >= 0.3 is 0 Å². The Morgan fingerprint density at radius 1 is 1.03 bits per heavy atom. The monoisotopic (exact) mass is 426 g/mol. The number of aryl methyl sites for hydroxylation is 1. The van der Waals surface area contributed by atoms with Gasteiger partial charge in [0.05, 0.1) is 0 Å². The molecule has 2 aromatic rings. The molecule has 1 aliphatic rings. The topological polar surface area (TPSA) is 49.4 Å². The SMILES string of the molecule is C[C@@H](C(=O)NC1CCCCC1)N(Cc1ccccc1)C(=O)CCc1ccccc1Cl. The van der Waals surface area contributed by atoms with Crippen molar-refractivity contribution in [2.75, 3.05) is 0 Å². The van der Waals surface area contributed by atoms with Crippen molar-refractivity contribution >= 4 is 23.4 Å². The predicted octanol–water partition coefficient (Wildman–Crippen LogP) is 5.14. The summed E-state index contributed by atoms with van der Waals surface area (Å²) < 4.78 is 0. The lowest BCUT2D eigenvalue weighted by Crippen LogP contribution is -2.50. The molecule has 2 amide bonds. The van der Waals surface area contributed by atoms with E-state index >= 15 is 0 Å². The van der Waals surface area contributed by atoms with Crippen LogP contribution < -0.4 is 5.32 Å². The van der Waals surface area contributed by atoms with Crippen molar-refractivity contribution in [1.29, 1.82) is 0 Å². The molecule has 0 saturated heterocycles. The van der Waals surface area contributed by atoms with E-state index in [-0.39, 0.29) is 17.9 Å². The highest BCUT2D eigenvalue weighted by Crippen LogP contribution is 2.20. The number of nitrogens with zero attached hydrogens (tertiary/aromatic N) is 1. The zero-order valence-electron chi connectivity index (χ0n) is 17.6. The minimum absolute atomic E-state index is 0.0370. The van der Waals surface area contributed by atoms with Crippen molar-refractivity contribution in [2.45, 2.75) is 70.5 Å². The second-order valence-corrected chi connectivity index (χ2v) is 8.53. The number of rotatable bonds is 8. The molecule has 4 nitrogen and oxygen atoms in total. The average Bonchev–Trinajstić information content (AvgIpc) is 2.77. The van der Waals surface area contributed by atoms with Gasteiger partial charge in [0.25, 0.3) is 0 Å². The second kappa shape index (κ2) is 11.2. The van der Waals surface area contributed by atoms with Gasteiger partial charge in [-0.05, 0) is 43.4 Å². The molecule has 1 aliphatic carbocycles. The van der Waals surface area contributed by atoms with E-state index < -0.39 is 6.04 Å². The Balaban J connectivity index is 1.69. The van der Waals surface area contributed by atoms with Gasteiger partial charge in [-0.3, -0.25) is 9.59 Å². The van der Waals surface area contributed by atoms with Crippen molar-refractivity contribution in [3.63, 3.8) is 0 Å². The zero-order chi connectivity index (χ0) is 21.3. The van der Waals surface area contributed by atoms with E-state index in [0.29, 0.717) is 24.4 Å². The van der Waals surface area contributed by atoms with E-state index in [4.69, 9.17) is 11.6 Å². The number of nitrogens with one attached hydrogen (secondary N) is 1. The van der Waals surface area contributed by atoms with Crippen LogP contribution in [0.15, 0.2) is 54.6 Å². The lowest BCUT2D eigenvalue weighted by molar-refractivity contribution is -0.141. The maximum atomic E-state index is 13.2. The standard InChI is InChI=1S/C25H31ClN2O2/c1-19(25(30)27-22-13-6-3-7-14-22)28(18-20-10-4-2-5-11-20)24(29)17-16-21-12-8-9-15-23(21)26/h2,4-5,8-12,15,19,22H,3,6-7,13-14,16-18H2,1H3,(H,27,30)/t19-/m0/s1. The fourth-order valence-corrected chi connectivity index (χ4v) is 4.25. The summed E-state index contributed by atoms with van der Waals surface area (Å²) in [6.07, 6.45) is 6.48. The van der Waals surface area contributed by atoms with Crippen molar-refractivity contribution in [2.24, 2.45) is 0 Å². The van der Waals surface area contributed by atoms with Crippen LogP contribution in [0.1, 0.15) is 56.6 Å². The van der Waals surface area contributed by atoms with Gasteiger partial charge in [-0.15, -0.1) is 0 Å². The third kappa shape index (κ3) is 6.33. The van der Waals surface area contributed by atoms with Crippen LogP contribution in [0.2, 0.25) is 5.02 Å². The summed E-state index contributed by atoms with van der Waals surface area (Å²) in [5.41, 5.74) is 1.97. The van der Waals surface area contributed by atoms with Gasteiger partial charge in [-0.2, -0.15) is 0 Å². The molecule has 1 atom stereocenters. The van der Waals surface area contributed by atoms with Gasteiger partial charge in [0.15, 0.2) is 0 Å². The molecular formula is C25H31ClN2O2. The fourth-order valence-electron chi connectivity index (χ4n) is 4.02. The highest BCUT2D eigenvalue weighted by Gasteiger charge is 2.28. The first-order valence-corrected chi connectivity index (χ1v) is 11.3. The fraction of sp³-hybridized carbons (Fsp3) is 0.440. The lowest BCUT2D eigenvalue weighted by Gasteiger charge is -2.31. The predicted molar refractivity (Wildman–Crippen MR) is 121 cm³/mol. The molecule has 2 aromatic carbocycles. The molecule has 1 fully saturated rings. The Morgan fingerprint density at radius 3 is 2.40 bits per heavy atom. The number of hydrogen-bond acceptors (Lipinski definition) is 2. The van der Waals surface area contributed by atoms with Gasteiger partial charge in [0, 0.05) is 24.0 Å². The summed E-state index contributed by atoms with van der Waals surface area (Å²) in [4.78, 5) is 27.8. The Labute approximate surface area is 184 Å². The molecule has 160 valence electrons. The Morgan fingerprint density at radius 2 is 1.70 bits per heavy atom. The molecule has 0 radical (unpaired) electrons. The van der Waals surface area contributed by atoms with Gasteiger partial charge in [-0.1, -0.05) is 79.4 Å². The summed E-state index contributed by atoms with van der Waals surface area (Å²) in [7, 11) is 0. The van der Waals surface area contributed by atoms with Gasteiger partial charge in [0.2, 0.25) is 11.8 Å². The lowest BCUT2D eigenvalue weighted by atomic mass is 9.95. The molecule has 1 saturated carbocycles. The number of amides is 2. The van der Waals surface area contributed by atoms with E-state index in [1.807, 2.05) is 61.5 Å². The number of halogens is 1. The van der Waals surface area contributed by atoms with Crippen molar-refractivity contribution in [3.05, 3.63) is 70.7 Å². The first kappa shape index (κ1) is 22.4. The first-order valence-electron chi connectivity index (χ1n) is 10.9. The first-order chi connectivity index (χ1) is 14.5. The normalized spacial score (nSPS) is 15.4. The third-order valence-corrected chi connectivity index (χ3v) is 6.25. The minimum atomic E-state index is -0.522. The summed E-state index contributed by atoms with van der Waals surface area (Å²) in [5, 5.41) is 3.84. The molecular weight excluding hydrogens is 396 g/mol. The van der Waals surface area contributed by atoms with Crippen LogP contribution in [0, 0.1) is 0 Å². The minimum Gasteiger partial charge on any atom is -0.352 e. The van der Waals surface area contributed by atoms with Gasteiger partial charge < -0.3 is 10.2 Å². The van der Waals surface area contributed by atoms with Crippen molar-refractivity contribution in [3.8, 4) is 0 Å². The number of benzene rings is 2. The van der Waals surface area contributed by atoms with Crippen molar-refractivity contribution in [1.82, 2.24) is 10.2 Å². The smallest absolute Gasteiger partial charge is 0.242 e. The highest BCUT2D eigenvalue weighted by atomic mass is 35.5. The summed E-state index contributed by atoms with van der Waals surface area (Å²) >= 11 is 6.25. The molecule has 30 heavy (non-hydrogen) atoms. The van der Waals surface area contributed by atoms with Crippen LogP contribution in [0.25, 0.3) is 0 Å². The highest BCUT2D eigenvalue weighted by molar-refractivity contribution is 6.31. The van der Waals surface area contributed by atoms with Gasteiger partial charge in [-0.25, -0.2) is 0 Å². The van der Waals surface area contributed by atoms with Crippen LogP contribution in [0.5, 0.6) is 0 Å². The van der Waals surface area contributed by atoms with Crippen LogP contribution in [0.3, 0.4) is 0 Å². The molecule has 3 rings (SSSR count). The Bertz CT molecular complexity index is 834. The maximum Gasteiger partial charge on any atom is 0.242 e. The van der Waals surface area contributed by atoms with Crippen molar-refractivity contribution < 1.29 is 9.59 Å². The van der Waals surface area contributed by atoms with Crippen LogP contribution in [-0.2, 0) is 22.6 Å². The molecule has 1 N–H and O–H groups in total. The van der Waals surface area contributed by atoms with E-state index in [2.05, 4.69) is 5.32 Å². The van der Waals surface area contributed by atoms with E-state index in [1.54, 1.807) is 4.90 Å². The van der Waals surface area contributed by atoms with Crippen LogP contribution in [0.4, 0.5) is 0 Å². The molecule has 0 aliphatic heterocycles. The number of carbonyl (C=O) groups excluding carboxylic acids is 2. The molecule has 0 spiro atoms. The number of carbonyl (C=O) groups is 2. The molecule has 0 unspecified atom stereocenters. The van der Waals surface area contributed by atoms with Gasteiger partial charge in [0.1, 0.15) is 6.04 Å². The van der Waals surface area contributed by atoms with E-state index in [0.717, 1.165) is 36.8 Å². The Kier molecular flexibility index (Phi) is 8.32. The summed E-state index contributed by atoms with van der Waals surface area (Å²) in [6.45, 7) is 2.25.